The molecule has 1 unspecified atom stereocenters. The zero-order chi connectivity index (χ0) is 8.53. The fourth-order valence-corrected chi connectivity index (χ4v) is 1.08. The van der Waals surface area contributed by atoms with Crippen molar-refractivity contribution in [3.63, 3.8) is 0 Å². The Morgan fingerprint density at radius 2 is 2.18 bits per heavy atom. The fraction of sp³-hybridized carbons (Fsp3) is 0.700. The Morgan fingerprint density at radius 1 is 1.45 bits per heavy atom. The van der Waals surface area contributed by atoms with Crippen molar-refractivity contribution in [1.29, 1.82) is 0 Å². The van der Waals surface area contributed by atoms with E-state index in [2.05, 4.69) is 13.5 Å². The summed E-state index contributed by atoms with van der Waals surface area (Å²) in [5, 5.41) is 0. The highest BCUT2D eigenvalue weighted by molar-refractivity contribution is 5.53. The molecule has 64 valence electrons. The quantitative estimate of drug-likeness (QED) is 0.407. The van der Waals surface area contributed by atoms with Crippen molar-refractivity contribution in [2.24, 2.45) is 5.92 Å². The summed E-state index contributed by atoms with van der Waals surface area (Å²) in [4.78, 5) is 10.5. The lowest BCUT2D eigenvalue weighted by Crippen LogP contribution is -2.00. The van der Waals surface area contributed by atoms with Crippen LogP contribution in [0.2, 0.25) is 0 Å². The van der Waals surface area contributed by atoms with E-state index in [4.69, 9.17) is 0 Å². The molecule has 0 fully saturated rings. The van der Waals surface area contributed by atoms with E-state index < -0.39 is 0 Å². The number of unbranched alkanes of at least 4 members (excludes halogenated alkanes) is 1. The van der Waals surface area contributed by atoms with Gasteiger partial charge in [-0.3, -0.25) is 0 Å². The smallest absolute Gasteiger partial charge is 0.123 e. The third-order valence-electron chi connectivity index (χ3n) is 1.86. The Bertz CT molecular complexity index is 107. The van der Waals surface area contributed by atoms with Crippen molar-refractivity contribution in [3.8, 4) is 0 Å². The van der Waals surface area contributed by atoms with Crippen LogP contribution in [0.5, 0.6) is 0 Å². The average Bonchev–Trinajstić information content (AvgIpc) is 2.05. The molecule has 11 heavy (non-hydrogen) atoms. The van der Waals surface area contributed by atoms with Gasteiger partial charge in [0.25, 0.3) is 0 Å². The summed E-state index contributed by atoms with van der Waals surface area (Å²) in [6.07, 6.45) is 8.30. The van der Waals surface area contributed by atoms with Gasteiger partial charge in [0, 0.05) is 5.92 Å². The summed E-state index contributed by atoms with van der Waals surface area (Å²) in [5.41, 5.74) is 0. The largest absolute Gasteiger partial charge is 0.303 e. The van der Waals surface area contributed by atoms with Crippen LogP contribution in [0.15, 0.2) is 12.7 Å². The second-order valence-corrected chi connectivity index (χ2v) is 2.90. The summed E-state index contributed by atoms with van der Waals surface area (Å²) < 4.78 is 0. The Morgan fingerprint density at radius 3 is 2.64 bits per heavy atom. The van der Waals surface area contributed by atoms with E-state index in [0.29, 0.717) is 0 Å². The summed E-state index contributed by atoms with van der Waals surface area (Å²) in [5.74, 6) is 0.271. The predicted molar refractivity (Wildman–Crippen MR) is 48.5 cm³/mol. The van der Waals surface area contributed by atoms with Crippen LogP contribution in [0, 0.1) is 5.92 Å². The first-order valence-electron chi connectivity index (χ1n) is 4.41. The van der Waals surface area contributed by atoms with Crippen LogP contribution in [-0.2, 0) is 4.79 Å². The molecule has 0 aliphatic carbocycles. The summed E-state index contributed by atoms with van der Waals surface area (Å²) in [6, 6.07) is 0. The Hall–Kier alpha value is -0.590. The lowest BCUT2D eigenvalue weighted by atomic mass is 9.98. The Balaban J connectivity index is 3.40. The van der Waals surface area contributed by atoms with Crippen LogP contribution < -0.4 is 0 Å². The highest BCUT2D eigenvalue weighted by Crippen LogP contribution is 2.12. The summed E-state index contributed by atoms with van der Waals surface area (Å²) in [6.45, 7) is 5.78. The van der Waals surface area contributed by atoms with E-state index >= 15 is 0 Å². The molecular weight excluding hydrogens is 136 g/mol. The van der Waals surface area contributed by atoms with Gasteiger partial charge in [0.2, 0.25) is 0 Å². The average molecular weight is 154 g/mol. The first-order valence-corrected chi connectivity index (χ1v) is 4.41. The lowest BCUT2D eigenvalue weighted by Gasteiger charge is -2.06. The third-order valence-corrected chi connectivity index (χ3v) is 1.86. The maximum Gasteiger partial charge on any atom is 0.123 e. The molecule has 0 N–H and O–H groups in total. The van der Waals surface area contributed by atoms with Gasteiger partial charge in [-0.25, -0.2) is 0 Å². The monoisotopic (exact) mass is 154 g/mol. The number of hydrogen-bond acceptors (Lipinski definition) is 1. The highest BCUT2D eigenvalue weighted by Gasteiger charge is 2.03. The molecule has 0 spiro atoms. The molecule has 0 aromatic heterocycles. The van der Waals surface area contributed by atoms with Gasteiger partial charge in [-0.2, -0.15) is 0 Å². The minimum absolute atomic E-state index is 0.271. The zero-order valence-electron chi connectivity index (χ0n) is 7.38. The van der Waals surface area contributed by atoms with Crippen molar-refractivity contribution < 1.29 is 4.79 Å². The molecule has 0 bridgehead atoms. The summed E-state index contributed by atoms with van der Waals surface area (Å²) in [7, 11) is 0. The number of carbonyl (C=O) groups is 1. The van der Waals surface area contributed by atoms with Crippen LogP contribution in [-0.4, -0.2) is 6.29 Å². The molecule has 0 aromatic carbocycles. The standard InChI is InChI=1S/C10H18O/c1-3-5-7-10(9-11)8-6-4-2/h3,9-10H,1,4-8H2,2H3. The molecule has 0 aliphatic rings. The molecule has 1 atom stereocenters. The number of rotatable bonds is 7. The van der Waals surface area contributed by atoms with Gasteiger partial charge >= 0.3 is 0 Å². The van der Waals surface area contributed by atoms with Crippen molar-refractivity contribution in [2.75, 3.05) is 0 Å². The minimum Gasteiger partial charge on any atom is -0.303 e. The molecule has 0 saturated heterocycles. The number of aldehydes is 1. The van der Waals surface area contributed by atoms with Crippen LogP contribution in [0.3, 0.4) is 0 Å². The molecule has 1 heteroatoms. The van der Waals surface area contributed by atoms with Gasteiger partial charge < -0.3 is 4.79 Å². The second-order valence-electron chi connectivity index (χ2n) is 2.90. The molecule has 0 aliphatic heterocycles. The van der Waals surface area contributed by atoms with E-state index in [0.717, 1.165) is 25.5 Å². The van der Waals surface area contributed by atoms with Gasteiger partial charge in [-0.15, -0.1) is 6.58 Å². The number of allylic oxidation sites excluding steroid dienone is 1. The molecular formula is C10H18O. The molecule has 0 rings (SSSR count). The normalized spacial score (nSPS) is 12.5. The van der Waals surface area contributed by atoms with Gasteiger partial charge in [0.1, 0.15) is 6.29 Å². The summed E-state index contributed by atoms with van der Waals surface area (Å²) >= 11 is 0. The van der Waals surface area contributed by atoms with Crippen molar-refractivity contribution >= 4 is 6.29 Å². The van der Waals surface area contributed by atoms with Gasteiger partial charge in [-0.1, -0.05) is 25.8 Å². The van der Waals surface area contributed by atoms with E-state index in [1.54, 1.807) is 0 Å². The van der Waals surface area contributed by atoms with Crippen molar-refractivity contribution in [1.82, 2.24) is 0 Å². The van der Waals surface area contributed by atoms with Crippen LogP contribution >= 0.6 is 0 Å². The van der Waals surface area contributed by atoms with Crippen LogP contribution in [0.1, 0.15) is 39.0 Å². The van der Waals surface area contributed by atoms with Gasteiger partial charge in [-0.05, 0) is 19.3 Å². The SMILES string of the molecule is C=CCCC(C=O)CCCC. The van der Waals surface area contributed by atoms with Crippen molar-refractivity contribution in [2.45, 2.75) is 39.0 Å². The molecule has 0 saturated carbocycles. The number of carbonyl (C=O) groups excluding carboxylic acids is 1. The van der Waals surface area contributed by atoms with E-state index in [9.17, 15) is 4.79 Å². The van der Waals surface area contributed by atoms with E-state index in [1.165, 1.54) is 12.8 Å². The maximum atomic E-state index is 10.5. The predicted octanol–water partition coefficient (Wildman–Crippen LogP) is 2.96. The third kappa shape index (κ3) is 5.84. The van der Waals surface area contributed by atoms with E-state index in [-0.39, 0.29) is 5.92 Å². The molecule has 0 heterocycles. The lowest BCUT2D eigenvalue weighted by molar-refractivity contribution is -0.111. The first-order chi connectivity index (χ1) is 5.35. The molecule has 0 aromatic rings. The van der Waals surface area contributed by atoms with Gasteiger partial charge in [0.05, 0.1) is 0 Å². The van der Waals surface area contributed by atoms with Gasteiger partial charge in [0.15, 0.2) is 0 Å². The van der Waals surface area contributed by atoms with Crippen LogP contribution in [0.25, 0.3) is 0 Å². The molecule has 0 amide bonds. The molecule has 1 nitrogen and oxygen atoms in total. The number of hydrogen-bond donors (Lipinski definition) is 0. The first kappa shape index (κ1) is 10.4. The second kappa shape index (κ2) is 7.52. The molecule has 0 radical (unpaired) electrons. The van der Waals surface area contributed by atoms with Crippen molar-refractivity contribution in [3.05, 3.63) is 12.7 Å². The Labute approximate surface area is 69.5 Å². The maximum absolute atomic E-state index is 10.5. The zero-order valence-corrected chi connectivity index (χ0v) is 7.38. The highest BCUT2D eigenvalue weighted by atomic mass is 16.1. The Kier molecular flexibility index (Phi) is 7.11. The van der Waals surface area contributed by atoms with E-state index in [1.807, 2.05) is 6.08 Å². The van der Waals surface area contributed by atoms with Crippen LogP contribution in [0.4, 0.5) is 0 Å². The fourth-order valence-electron chi connectivity index (χ4n) is 1.08. The topological polar surface area (TPSA) is 17.1 Å². The minimum atomic E-state index is 0.271.